The van der Waals surface area contributed by atoms with Crippen molar-refractivity contribution in [1.29, 1.82) is 0 Å². The van der Waals surface area contributed by atoms with Crippen LogP contribution in [0.3, 0.4) is 0 Å². The number of hydrogen-bond donors (Lipinski definition) is 1. The van der Waals surface area contributed by atoms with E-state index in [1.165, 1.54) is 0 Å². The molecule has 0 spiro atoms. The van der Waals surface area contributed by atoms with Gasteiger partial charge in [-0.05, 0) is 47.7 Å². The van der Waals surface area contributed by atoms with Gasteiger partial charge in [-0.2, -0.15) is 0 Å². The summed E-state index contributed by atoms with van der Waals surface area (Å²) in [6, 6.07) is 16.8. The first kappa shape index (κ1) is 13.5. The van der Waals surface area contributed by atoms with Crippen molar-refractivity contribution >= 4 is 29.0 Å². The minimum Gasteiger partial charge on any atom is -0.457 e. The maximum atomic E-state index is 11.5. The number of imide groups is 1. The van der Waals surface area contributed by atoms with Crippen molar-refractivity contribution in [1.82, 2.24) is 5.32 Å². The standard InChI is InChI=1S/C16H11NO3S/c18-15-14(21-16(19)17-15)10-11-6-8-13(9-7-11)20-12-4-2-1-3-5-12/h1-10H,(H,17,18,19)/b14-10+. The van der Waals surface area contributed by atoms with Gasteiger partial charge in [-0.15, -0.1) is 0 Å². The number of rotatable bonds is 3. The van der Waals surface area contributed by atoms with E-state index in [2.05, 4.69) is 5.32 Å². The Hall–Kier alpha value is -2.53. The van der Waals surface area contributed by atoms with E-state index in [0.717, 1.165) is 23.1 Å². The van der Waals surface area contributed by atoms with Crippen LogP contribution in [0.25, 0.3) is 6.08 Å². The first-order valence-corrected chi connectivity index (χ1v) is 7.10. The Kier molecular flexibility index (Phi) is 3.75. The van der Waals surface area contributed by atoms with E-state index in [1.54, 1.807) is 6.08 Å². The molecule has 0 unspecified atom stereocenters. The molecule has 2 amide bonds. The highest BCUT2D eigenvalue weighted by Gasteiger charge is 2.24. The van der Waals surface area contributed by atoms with Crippen molar-refractivity contribution in [2.75, 3.05) is 0 Å². The van der Waals surface area contributed by atoms with Gasteiger partial charge in [-0.3, -0.25) is 14.9 Å². The third-order valence-corrected chi connectivity index (χ3v) is 3.61. The molecule has 1 fully saturated rings. The molecule has 4 nitrogen and oxygen atoms in total. The third-order valence-electron chi connectivity index (χ3n) is 2.80. The largest absolute Gasteiger partial charge is 0.457 e. The van der Waals surface area contributed by atoms with Crippen molar-refractivity contribution in [2.24, 2.45) is 0 Å². The van der Waals surface area contributed by atoms with Crippen molar-refractivity contribution in [2.45, 2.75) is 0 Å². The van der Waals surface area contributed by atoms with Gasteiger partial charge in [0.15, 0.2) is 0 Å². The van der Waals surface area contributed by atoms with Crippen LogP contribution in [0, 0.1) is 0 Å². The summed E-state index contributed by atoms with van der Waals surface area (Å²) in [4.78, 5) is 22.9. The molecule has 0 bridgehead atoms. The molecule has 1 heterocycles. The predicted octanol–water partition coefficient (Wildman–Crippen LogP) is 3.80. The van der Waals surface area contributed by atoms with E-state index < -0.39 is 0 Å². The van der Waals surface area contributed by atoms with Crippen LogP contribution in [0.5, 0.6) is 11.5 Å². The summed E-state index contributed by atoms with van der Waals surface area (Å²) in [7, 11) is 0. The number of hydrogen-bond acceptors (Lipinski definition) is 4. The van der Waals surface area contributed by atoms with E-state index >= 15 is 0 Å². The Bertz CT molecular complexity index is 708. The first-order valence-electron chi connectivity index (χ1n) is 6.28. The molecule has 2 aromatic rings. The van der Waals surface area contributed by atoms with Crippen LogP contribution in [-0.2, 0) is 4.79 Å². The first-order chi connectivity index (χ1) is 10.2. The normalized spacial score (nSPS) is 16.1. The van der Waals surface area contributed by atoms with Gasteiger partial charge in [0.05, 0.1) is 4.91 Å². The highest BCUT2D eigenvalue weighted by Crippen LogP contribution is 2.27. The zero-order valence-corrected chi connectivity index (χ0v) is 11.7. The van der Waals surface area contributed by atoms with Crippen LogP contribution in [0.15, 0.2) is 59.5 Å². The monoisotopic (exact) mass is 297 g/mol. The summed E-state index contributed by atoms with van der Waals surface area (Å²) in [5.41, 5.74) is 0.836. The zero-order valence-electron chi connectivity index (χ0n) is 10.9. The fourth-order valence-electron chi connectivity index (χ4n) is 1.83. The fraction of sp³-hybridized carbons (Fsp3) is 0. The molecular weight excluding hydrogens is 286 g/mol. The topological polar surface area (TPSA) is 55.4 Å². The van der Waals surface area contributed by atoms with Crippen LogP contribution in [0.4, 0.5) is 4.79 Å². The lowest BCUT2D eigenvalue weighted by Crippen LogP contribution is -2.17. The van der Waals surface area contributed by atoms with E-state index in [9.17, 15) is 9.59 Å². The Labute approximate surface area is 125 Å². The van der Waals surface area contributed by atoms with Gasteiger partial charge in [-0.25, -0.2) is 0 Å². The number of ether oxygens (including phenoxy) is 1. The molecule has 21 heavy (non-hydrogen) atoms. The quantitative estimate of drug-likeness (QED) is 0.875. The second kappa shape index (κ2) is 5.85. The Morgan fingerprint density at radius 1 is 0.905 bits per heavy atom. The Balaban J connectivity index is 1.74. The minimum atomic E-state index is -0.352. The lowest BCUT2D eigenvalue weighted by Gasteiger charge is -2.05. The lowest BCUT2D eigenvalue weighted by molar-refractivity contribution is -0.115. The highest BCUT2D eigenvalue weighted by atomic mass is 32.2. The van der Waals surface area contributed by atoms with E-state index in [-0.39, 0.29) is 11.1 Å². The van der Waals surface area contributed by atoms with E-state index in [4.69, 9.17) is 4.74 Å². The molecule has 1 aliphatic rings. The molecule has 104 valence electrons. The number of benzene rings is 2. The third kappa shape index (κ3) is 3.32. The van der Waals surface area contributed by atoms with E-state index in [1.807, 2.05) is 54.6 Å². The van der Waals surface area contributed by atoms with E-state index in [0.29, 0.717) is 10.7 Å². The van der Waals surface area contributed by atoms with Crippen LogP contribution >= 0.6 is 11.8 Å². The molecule has 0 aliphatic carbocycles. The molecule has 1 aliphatic heterocycles. The van der Waals surface area contributed by atoms with Gasteiger partial charge in [0.1, 0.15) is 11.5 Å². The molecule has 5 heteroatoms. The molecule has 1 N–H and O–H groups in total. The fourth-order valence-corrected chi connectivity index (χ4v) is 2.51. The Morgan fingerprint density at radius 2 is 1.57 bits per heavy atom. The number of carbonyl (C=O) groups excluding carboxylic acids is 2. The maximum Gasteiger partial charge on any atom is 0.290 e. The number of para-hydroxylation sites is 1. The van der Waals surface area contributed by atoms with Gasteiger partial charge in [0.2, 0.25) is 0 Å². The second-order valence-electron chi connectivity index (χ2n) is 4.34. The summed E-state index contributed by atoms with van der Waals surface area (Å²) in [6.07, 6.45) is 1.68. The SMILES string of the molecule is O=C1NC(=O)/C(=C\c2ccc(Oc3ccccc3)cc2)S1. The highest BCUT2D eigenvalue weighted by molar-refractivity contribution is 8.18. The number of nitrogens with one attached hydrogen (secondary N) is 1. The number of amides is 2. The average molecular weight is 297 g/mol. The molecule has 0 aromatic heterocycles. The molecule has 0 radical (unpaired) electrons. The maximum absolute atomic E-state index is 11.5. The second-order valence-corrected chi connectivity index (χ2v) is 5.35. The van der Waals surface area contributed by atoms with Crippen molar-refractivity contribution in [3.05, 3.63) is 65.1 Å². The number of carbonyl (C=O) groups is 2. The minimum absolute atomic E-state index is 0.338. The van der Waals surface area contributed by atoms with Crippen molar-refractivity contribution in [3.8, 4) is 11.5 Å². The lowest BCUT2D eigenvalue weighted by atomic mass is 10.2. The van der Waals surface area contributed by atoms with Crippen LogP contribution in [-0.4, -0.2) is 11.1 Å². The molecule has 1 saturated heterocycles. The van der Waals surface area contributed by atoms with Crippen LogP contribution in [0.2, 0.25) is 0 Å². The average Bonchev–Trinajstić information content (AvgIpc) is 2.80. The molecular formula is C16H11NO3S. The molecule has 2 aromatic carbocycles. The molecule has 3 rings (SSSR count). The number of thioether (sulfide) groups is 1. The van der Waals surface area contributed by atoms with Crippen molar-refractivity contribution < 1.29 is 14.3 Å². The predicted molar refractivity (Wildman–Crippen MR) is 82.1 cm³/mol. The molecule has 0 saturated carbocycles. The van der Waals surface area contributed by atoms with Gasteiger partial charge >= 0.3 is 0 Å². The summed E-state index contributed by atoms with van der Waals surface area (Å²) < 4.78 is 5.68. The van der Waals surface area contributed by atoms with Gasteiger partial charge in [0, 0.05) is 0 Å². The smallest absolute Gasteiger partial charge is 0.290 e. The molecule has 0 atom stereocenters. The van der Waals surface area contributed by atoms with Crippen molar-refractivity contribution in [3.63, 3.8) is 0 Å². The summed E-state index contributed by atoms with van der Waals surface area (Å²) in [5, 5.41) is 1.89. The van der Waals surface area contributed by atoms with Gasteiger partial charge in [0.25, 0.3) is 11.1 Å². The van der Waals surface area contributed by atoms with Gasteiger partial charge < -0.3 is 4.74 Å². The van der Waals surface area contributed by atoms with Crippen LogP contribution in [0.1, 0.15) is 5.56 Å². The summed E-state index contributed by atoms with van der Waals surface area (Å²) in [5.74, 6) is 1.12. The van der Waals surface area contributed by atoms with Gasteiger partial charge in [-0.1, -0.05) is 30.3 Å². The summed E-state index contributed by atoms with van der Waals surface area (Å²) in [6.45, 7) is 0. The summed E-state index contributed by atoms with van der Waals surface area (Å²) >= 11 is 0.906. The zero-order chi connectivity index (χ0) is 14.7. The van der Waals surface area contributed by atoms with Crippen LogP contribution < -0.4 is 10.1 Å². The Morgan fingerprint density at radius 3 is 2.19 bits per heavy atom.